The lowest BCUT2D eigenvalue weighted by molar-refractivity contribution is 0.0212. The van der Waals surface area contributed by atoms with Crippen molar-refractivity contribution in [1.29, 1.82) is 0 Å². The van der Waals surface area contributed by atoms with Crippen LogP contribution in [0, 0.1) is 0 Å². The standard InChI is InChI=1S/C17H18O2S/c18-17(19-13-7-2-1-3-8-13)15-10-5-4-9-14(15)16-11-6-12-20-16/h4-6,9-13H,1-3,7-8H2. The van der Waals surface area contributed by atoms with Crippen molar-refractivity contribution in [1.82, 2.24) is 0 Å². The van der Waals surface area contributed by atoms with Gasteiger partial charge < -0.3 is 4.74 Å². The van der Waals surface area contributed by atoms with Crippen LogP contribution >= 0.6 is 11.3 Å². The van der Waals surface area contributed by atoms with Gasteiger partial charge in [-0.2, -0.15) is 0 Å². The number of thiophene rings is 1. The van der Waals surface area contributed by atoms with Crippen LogP contribution < -0.4 is 0 Å². The van der Waals surface area contributed by atoms with Crippen LogP contribution in [0.3, 0.4) is 0 Å². The van der Waals surface area contributed by atoms with E-state index >= 15 is 0 Å². The van der Waals surface area contributed by atoms with E-state index in [9.17, 15) is 4.79 Å². The van der Waals surface area contributed by atoms with Gasteiger partial charge in [-0.05, 0) is 43.2 Å². The van der Waals surface area contributed by atoms with Crippen molar-refractivity contribution in [3.05, 3.63) is 47.3 Å². The SMILES string of the molecule is O=C(OC1CCCCC1)c1ccccc1-c1cccs1. The summed E-state index contributed by atoms with van der Waals surface area (Å²) in [5, 5.41) is 2.03. The van der Waals surface area contributed by atoms with Gasteiger partial charge in [-0.15, -0.1) is 11.3 Å². The molecule has 0 saturated heterocycles. The first-order valence-corrected chi connectivity index (χ1v) is 8.06. The largest absolute Gasteiger partial charge is 0.459 e. The number of rotatable bonds is 3. The van der Waals surface area contributed by atoms with Gasteiger partial charge in [0.15, 0.2) is 0 Å². The van der Waals surface area contributed by atoms with Crippen LogP contribution in [0.1, 0.15) is 42.5 Å². The van der Waals surface area contributed by atoms with Gasteiger partial charge in [-0.3, -0.25) is 0 Å². The van der Waals surface area contributed by atoms with E-state index < -0.39 is 0 Å². The first kappa shape index (κ1) is 13.4. The Morgan fingerprint density at radius 3 is 2.60 bits per heavy atom. The Labute approximate surface area is 123 Å². The van der Waals surface area contributed by atoms with Crippen LogP contribution in [0.25, 0.3) is 10.4 Å². The van der Waals surface area contributed by atoms with Crippen molar-refractivity contribution in [2.24, 2.45) is 0 Å². The first-order chi connectivity index (χ1) is 9.84. The minimum Gasteiger partial charge on any atom is -0.459 e. The molecule has 0 radical (unpaired) electrons. The Morgan fingerprint density at radius 1 is 1.05 bits per heavy atom. The number of carbonyl (C=O) groups excluding carboxylic acids is 1. The lowest BCUT2D eigenvalue weighted by atomic mass is 9.97. The fraction of sp³-hybridized carbons (Fsp3) is 0.353. The number of esters is 1. The zero-order valence-corrected chi connectivity index (χ0v) is 12.2. The van der Waals surface area contributed by atoms with Gasteiger partial charge in [0, 0.05) is 10.4 Å². The molecule has 20 heavy (non-hydrogen) atoms. The zero-order chi connectivity index (χ0) is 13.8. The second kappa shape index (κ2) is 6.23. The van der Waals surface area contributed by atoms with E-state index in [0.717, 1.165) is 23.3 Å². The Hall–Kier alpha value is -1.61. The molecule has 1 saturated carbocycles. The summed E-state index contributed by atoms with van der Waals surface area (Å²) >= 11 is 1.65. The minimum atomic E-state index is -0.180. The Balaban J connectivity index is 1.81. The minimum absolute atomic E-state index is 0.104. The maximum absolute atomic E-state index is 12.4. The van der Waals surface area contributed by atoms with Crippen LogP contribution in [-0.4, -0.2) is 12.1 Å². The van der Waals surface area contributed by atoms with E-state index in [1.165, 1.54) is 19.3 Å². The molecule has 104 valence electrons. The molecule has 0 N–H and O–H groups in total. The molecule has 1 aliphatic carbocycles. The van der Waals surface area contributed by atoms with E-state index in [1.54, 1.807) is 11.3 Å². The first-order valence-electron chi connectivity index (χ1n) is 7.18. The van der Waals surface area contributed by atoms with Gasteiger partial charge in [0.05, 0.1) is 5.56 Å². The van der Waals surface area contributed by atoms with Gasteiger partial charge in [0.25, 0.3) is 0 Å². The second-order valence-corrected chi connectivity index (χ2v) is 6.14. The number of carbonyl (C=O) groups is 1. The lowest BCUT2D eigenvalue weighted by Gasteiger charge is -2.22. The Kier molecular flexibility index (Phi) is 4.16. The average Bonchev–Trinajstić information content (AvgIpc) is 3.02. The monoisotopic (exact) mass is 286 g/mol. The van der Waals surface area contributed by atoms with Crippen LogP contribution in [0.5, 0.6) is 0 Å². The summed E-state index contributed by atoms with van der Waals surface area (Å²) in [5.74, 6) is -0.180. The number of hydrogen-bond donors (Lipinski definition) is 0. The highest BCUT2D eigenvalue weighted by Gasteiger charge is 2.20. The molecule has 1 aromatic carbocycles. The molecule has 2 aromatic rings. The molecule has 0 bridgehead atoms. The van der Waals surface area contributed by atoms with Crippen LogP contribution in [0.15, 0.2) is 41.8 Å². The fourth-order valence-corrected chi connectivity index (χ4v) is 3.47. The molecule has 0 atom stereocenters. The number of benzene rings is 1. The third kappa shape index (κ3) is 2.93. The van der Waals surface area contributed by atoms with Gasteiger partial charge in [-0.25, -0.2) is 4.79 Å². The van der Waals surface area contributed by atoms with Crippen molar-refractivity contribution in [2.45, 2.75) is 38.2 Å². The third-order valence-electron chi connectivity index (χ3n) is 3.76. The zero-order valence-electron chi connectivity index (χ0n) is 11.4. The van der Waals surface area contributed by atoms with Crippen molar-refractivity contribution < 1.29 is 9.53 Å². The summed E-state index contributed by atoms with van der Waals surface area (Å²) in [6, 6.07) is 11.8. The molecule has 3 rings (SSSR count). The molecular formula is C17H18O2S. The molecule has 1 heterocycles. The van der Waals surface area contributed by atoms with Crippen molar-refractivity contribution in [3.8, 4) is 10.4 Å². The lowest BCUT2D eigenvalue weighted by Crippen LogP contribution is -2.21. The molecule has 0 amide bonds. The summed E-state index contributed by atoms with van der Waals surface area (Å²) < 4.78 is 5.68. The van der Waals surface area contributed by atoms with E-state index in [4.69, 9.17) is 4.74 Å². The number of ether oxygens (including phenoxy) is 1. The van der Waals surface area contributed by atoms with Crippen LogP contribution in [0.2, 0.25) is 0 Å². The third-order valence-corrected chi connectivity index (χ3v) is 4.66. The molecule has 0 spiro atoms. The van der Waals surface area contributed by atoms with E-state index in [-0.39, 0.29) is 12.1 Å². The van der Waals surface area contributed by atoms with Gasteiger partial charge in [-0.1, -0.05) is 30.7 Å². The smallest absolute Gasteiger partial charge is 0.339 e. The maximum Gasteiger partial charge on any atom is 0.339 e. The molecule has 1 aromatic heterocycles. The Bertz CT molecular complexity index is 568. The molecule has 2 nitrogen and oxygen atoms in total. The predicted molar refractivity (Wildman–Crippen MR) is 82.0 cm³/mol. The van der Waals surface area contributed by atoms with Crippen molar-refractivity contribution in [3.63, 3.8) is 0 Å². The second-order valence-electron chi connectivity index (χ2n) is 5.19. The molecular weight excluding hydrogens is 268 g/mol. The van der Waals surface area contributed by atoms with Gasteiger partial charge >= 0.3 is 5.97 Å². The summed E-state index contributed by atoms with van der Waals surface area (Å²) in [5.41, 5.74) is 1.66. The highest BCUT2D eigenvalue weighted by Crippen LogP contribution is 2.29. The molecule has 1 fully saturated rings. The van der Waals surface area contributed by atoms with Gasteiger partial charge in [0.2, 0.25) is 0 Å². The molecule has 0 aliphatic heterocycles. The highest BCUT2D eigenvalue weighted by atomic mass is 32.1. The fourth-order valence-electron chi connectivity index (χ4n) is 2.71. The van der Waals surface area contributed by atoms with Crippen molar-refractivity contribution in [2.75, 3.05) is 0 Å². The summed E-state index contributed by atoms with van der Waals surface area (Å²) in [6.07, 6.45) is 5.72. The maximum atomic E-state index is 12.4. The van der Waals surface area contributed by atoms with Crippen LogP contribution in [0.4, 0.5) is 0 Å². The van der Waals surface area contributed by atoms with E-state index in [2.05, 4.69) is 0 Å². The van der Waals surface area contributed by atoms with E-state index in [0.29, 0.717) is 5.56 Å². The molecule has 1 aliphatic rings. The highest BCUT2D eigenvalue weighted by molar-refractivity contribution is 7.13. The summed E-state index contributed by atoms with van der Waals surface area (Å²) in [4.78, 5) is 13.5. The quantitative estimate of drug-likeness (QED) is 0.750. The average molecular weight is 286 g/mol. The molecule has 3 heteroatoms. The van der Waals surface area contributed by atoms with E-state index in [1.807, 2.05) is 41.8 Å². The Morgan fingerprint density at radius 2 is 1.85 bits per heavy atom. The topological polar surface area (TPSA) is 26.3 Å². The summed E-state index contributed by atoms with van der Waals surface area (Å²) in [6.45, 7) is 0. The molecule has 0 unspecified atom stereocenters. The normalized spacial score (nSPS) is 16.0. The van der Waals surface area contributed by atoms with Crippen LogP contribution in [-0.2, 0) is 4.74 Å². The number of hydrogen-bond acceptors (Lipinski definition) is 3. The van der Waals surface area contributed by atoms with Gasteiger partial charge in [0.1, 0.15) is 6.10 Å². The predicted octanol–water partition coefficient (Wildman–Crippen LogP) is 4.90. The van der Waals surface area contributed by atoms with Crippen molar-refractivity contribution >= 4 is 17.3 Å². The summed E-state index contributed by atoms with van der Waals surface area (Å²) in [7, 11) is 0.